The Hall–Kier alpha value is -2.25. The highest BCUT2D eigenvalue weighted by molar-refractivity contribution is 7.89. The van der Waals surface area contributed by atoms with E-state index in [2.05, 4.69) is 9.72 Å². The normalized spacial score (nSPS) is 14.6. The lowest BCUT2D eigenvalue weighted by atomic mass is 10.2. The van der Waals surface area contributed by atoms with Gasteiger partial charge >= 0.3 is 5.97 Å². The van der Waals surface area contributed by atoms with E-state index >= 15 is 0 Å². The Morgan fingerprint density at radius 3 is 2.71 bits per heavy atom. The zero-order valence-corrected chi connectivity index (χ0v) is 14.1. The van der Waals surface area contributed by atoms with E-state index in [4.69, 9.17) is 0 Å². The predicted octanol–water partition coefficient (Wildman–Crippen LogP) is 2.22. The number of methoxy groups -OCH3 is 1. The van der Waals surface area contributed by atoms with Crippen molar-refractivity contribution in [1.82, 2.24) is 9.29 Å². The molecule has 1 aromatic heterocycles. The van der Waals surface area contributed by atoms with E-state index in [-0.39, 0.29) is 23.0 Å². The number of carbonyl (C=O) groups excluding carboxylic acids is 1. The van der Waals surface area contributed by atoms with Crippen LogP contribution in [0.3, 0.4) is 0 Å². The highest BCUT2D eigenvalue weighted by Crippen LogP contribution is 2.33. The van der Waals surface area contributed by atoms with Gasteiger partial charge in [0.1, 0.15) is 0 Å². The van der Waals surface area contributed by atoms with Crippen LogP contribution in [-0.4, -0.2) is 36.8 Å². The summed E-state index contributed by atoms with van der Waals surface area (Å²) in [5, 5.41) is 0. The minimum absolute atomic E-state index is 0.00279. The number of sulfonamides is 1. The molecule has 24 heavy (non-hydrogen) atoms. The van der Waals surface area contributed by atoms with E-state index in [1.54, 1.807) is 24.5 Å². The first kappa shape index (κ1) is 16.6. The molecule has 0 saturated heterocycles. The molecule has 6 nitrogen and oxygen atoms in total. The first-order valence-electron chi connectivity index (χ1n) is 7.61. The largest absolute Gasteiger partial charge is 0.465 e. The van der Waals surface area contributed by atoms with Gasteiger partial charge in [0.15, 0.2) is 0 Å². The van der Waals surface area contributed by atoms with Gasteiger partial charge in [0, 0.05) is 25.0 Å². The maximum Gasteiger partial charge on any atom is 0.337 e. The third-order valence-corrected chi connectivity index (χ3v) is 5.77. The van der Waals surface area contributed by atoms with Gasteiger partial charge in [0.25, 0.3) is 0 Å². The fourth-order valence-corrected chi connectivity index (χ4v) is 4.20. The second-order valence-electron chi connectivity index (χ2n) is 5.66. The molecule has 0 radical (unpaired) electrons. The third kappa shape index (κ3) is 3.47. The summed E-state index contributed by atoms with van der Waals surface area (Å²) in [6, 6.07) is 9.58. The smallest absolute Gasteiger partial charge is 0.337 e. The van der Waals surface area contributed by atoms with Gasteiger partial charge in [-0.15, -0.1) is 0 Å². The molecule has 0 N–H and O–H groups in total. The van der Waals surface area contributed by atoms with Crippen LogP contribution in [0.4, 0.5) is 0 Å². The van der Waals surface area contributed by atoms with Gasteiger partial charge in [-0.2, -0.15) is 4.31 Å². The molecular formula is C17H18N2O4S. The van der Waals surface area contributed by atoms with Gasteiger partial charge in [-0.25, -0.2) is 13.2 Å². The lowest BCUT2D eigenvalue weighted by molar-refractivity contribution is 0.0600. The van der Waals surface area contributed by atoms with Crippen LogP contribution in [0.1, 0.15) is 28.8 Å². The van der Waals surface area contributed by atoms with Crippen LogP contribution in [0.25, 0.3) is 0 Å². The molecule has 1 fully saturated rings. The third-order valence-electron chi connectivity index (χ3n) is 3.88. The molecule has 0 aliphatic heterocycles. The van der Waals surface area contributed by atoms with E-state index < -0.39 is 16.0 Å². The van der Waals surface area contributed by atoms with E-state index in [1.807, 2.05) is 6.07 Å². The Bertz CT molecular complexity index is 833. The van der Waals surface area contributed by atoms with Crippen molar-refractivity contribution in [2.75, 3.05) is 7.11 Å². The molecule has 0 bridgehead atoms. The van der Waals surface area contributed by atoms with Crippen LogP contribution in [-0.2, 0) is 21.3 Å². The van der Waals surface area contributed by atoms with Crippen molar-refractivity contribution in [3.8, 4) is 0 Å². The second-order valence-corrected chi connectivity index (χ2v) is 7.55. The monoisotopic (exact) mass is 346 g/mol. The molecule has 0 amide bonds. The molecule has 2 aromatic rings. The highest BCUT2D eigenvalue weighted by Gasteiger charge is 2.38. The van der Waals surface area contributed by atoms with Gasteiger partial charge < -0.3 is 4.74 Å². The minimum atomic E-state index is -3.70. The second kappa shape index (κ2) is 6.70. The number of nitrogens with zero attached hydrogens (tertiary/aromatic N) is 2. The number of rotatable bonds is 6. The Kier molecular flexibility index (Phi) is 4.64. The topological polar surface area (TPSA) is 76.6 Å². The summed E-state index contributed by atoms with van der Waals surface area (Å²) in [5.41, 5.74) is 1.05. The Balaban J connectivity index is 1.93. The van der Waals surface area contributed by atoms with Crippen molar-refractivity contribution in [3.63, 3.8) is 0 Å². The first-order valence-corrected chi connectivity index (χ1v) is 9.05. The molecule has 7 heteroatoms. The molecular weight excluding hydrogens is 328 g/mol. The van der Waals surface area contributed by atoms with Crippen molar-refractivity contribution in [1.29, 1.82) is 0 Å². The number of esters is 1. The van der Waals surface area contributed by atoms with Crippen LogP contribution in [0.15, 0.2) is 53.7 Å². The SMILES string of the molecule is COC(=O)c1cccc(S(=O)(=O)N(Cc2cccnc2)C2CC2)c1. The Morgan fingerprint density at radius 1 is 1.29 bits per heavy atom. The van der Waals surface area contributed by atoms with Crippen LogP contribution >= 0.6 is 0 Å². The quantitative estimate of drug-likeness (QED) is 0.750. The maximum atomic E-state index is 13.0. The zero-order valence-electron chi connectivity index (χ0n) is 13.3. The summed E-state index contributed by atoms with van der Waals surface area (Å²) >= 11 is 0. The summed E-state index contributed by atoms with van der Waals surface area (Å²) in [6.45, 7) is 0.267. The molecule has 0 atom stereocenters. The zero-order chi connectivity index (χ0) is 17.2. The fourth-order valence-electron chi connectivity index (χ4n) is 2.48. The average molecular weight is 346 g/mol. The summed E-state index contributed by atoms with van der Waals surface area (Å²) in [7, 11) is -2.44. The summed E-state index contributed by atoms with van der Waals surface area (Å²) in [6.07, 6.45) is 5.00. The maximum absolute atomic E-state index is 13.0. The van der Waals surface area contributed by atoms with Crippen molar-refractivity contribution in [2.24, 2.45) is 0 Å². The van der Waals surface area contributed by atoms with E-state index in [9.17, 15) is 13.2 Å². The van der Waals surface area contributed by atoms with Crippen molar-refractivity contribution in [3.05, 3.63) is 59.9 Å². The number of carbonyl (C=O) groups is 1. The number of hydrogen-bond acceptors (Lipinski definition) is 5. The lowest BCUT2D eigenvalue weighted by Gasteiger charge is -2.22. The molecule has 1 aliphatic rings. The number of pyridine rings is 1. The van der Waals surface area contributed by atoms with E-state index in [0.29, 0.717) is 0 Å². The first-order chi connectivity index (χ1) is 11.5. The van der Waals surface area contributed by atoms with Crippen molar-refractivity contribution in [2.45, 2.75) is 30.3 Å². The van der Waals surface area contributed by atoms with E-state index in [1.165, 1.54) is 29.6 Å². The number of aromatic nitrogens is 1. The molecule has 1 saturated carbocycles. The Labute approximate surface area is 141 Å². The minimum Gasteiger partial charge on any atom is -0.465 e. The number of benzene rings is 1. The summed E-state index contributed by atoms with van der Waals surface area (Å²) in [5.74, 6) is -0.558. The van der Waals surface area contributed by atoms with Crippen molar-refractivity contribution >= 4 is 16.0 Å². The molecule has 0 unspecified atom stereocenters. The molecule has 126 valence electrons. The van der Waals surface area contributed by atoms with Gasteiger partial charge in [-0.1, -0.05) is 12.1 Å². The number of ether oxygens (including phenoxy) is 1. The molecule has 3 rings (SSSR count). The fraction of sp³-hybridized carbons (Fsp3) is 0.294. The van der Waals surface area contributed by atoms with Gasteiger partial charge in [0.05, 0.1) is 17.6 Å². The standard InChI is InChI=1S/C17H18N2O4S/c1-23-17(20)14-5-2-6-16(10-14)24(21,22)19(15-7-8-15)12-13-4-3-9-18-11-13/h2-6,9-11,15H,7-8,12H2,1H3. The number of hydrogen-bond donors (Lipinski definition) is 0. The lowest BCUT2D eigenvalue weighted by Crippen LogP contribution is -2.32. The van der Waals surface area contributed by atoms with Gasteiger partial charge in [-0.3, -0.25) is 4.98 Å². The van der Waals surface area contributed by atoms with Crippen LogP contribution in [0.2, 0.25) is 0 Å². The highest BCUT2D eigenvalue weighted by atomic mass is 32.2. The Morgan fingerprint density at radius 2 is 2.08 bits per heavy atom. The molecule has 1 aliphatic carbocycles. The van der Waals surface area contributed by atoms with Crippen LogP contribution in [0, 0.1) is 0 Å². The van der Waals surface area contributed by atoms with Crippen molar-refractivity contribution < 1.29 is 17.9 Å². The molecule has 1 heterocycles. The van der Waals surface area contributed by atoms with Gasteiger partial charge in [-0.05, 0) is 42.7 Å². The predicted molar refractivity (Wildman–Crippen MR) is 87.8 cm³/mol. The molecule has 0 spiro atoms. The van der Waals surface area contributed by atoms with E-state index in [0.717, 1.165) is 18.4 Å². The molecule has 1 aromatic carbocycles. The van der Waals surface area contributed by atoms with Crippen LogP contribution in [0.5, 0.6) is 0 Å². The summed E-state index contributed by atoms with van der Waals surface area (Å²) in [4.78, 5) is 15.8. The summed E-state index contributed by atoms with van der Waals surface area (Å²) < 4.78 is 32.2. The van der Waals surface area contributed by atoms with Crippen LogP contribution < -0.4 is 0 Å². The van der Waals surface area contributed by atoms with Gasteiger partial charge in [0.2, 0.25) is 10.0 Å². The average Bonchev–Trinajstić information content (AvgIpc) is 3.44.